The third kappa shape index (κ3) is 3.64. The molecule has 0 fully saturated rings. The number of aliphatic carboxylic acids is 1. The Morgan fingerprint density at radius 1 is 1.47 bits per heavy atom. The summed E-state index contributed by atoms with van der Waals surface area (Å²) in [6.45, 7) is 0.990. The van der Waals surface area contributed by atoms with Crippen molar-refractivity contribution in [2.75, 3.05) is 0 Å². The molecule has 0 aromatic carbocycles. The Labute approximate surface area is 106 Å². The fourth-order valence-electron chi connectivity index (χ4n) is 1.17. The Balaban J connectivity index is 3.27. The molecule has 106 valence electrons. The maximum absolute atomic E-state index is 12.6. The number of hydrogen-bond acceptors (Lipinski definition) is 4. The predicted octanol–water partition coefficient (Wildman–Crippen LogP) is 0.852. The minimum Gasteiger partial charge on any atom is -0.480 e. The van der Waals surface area contributed by atoms with Crippen LogP contribution < -0.4 is 4.72 Å². The van der Waals surface area contributed by atoms with Crippen molar-refractivity contribution in [3.63, 3.8) is 0 Å². The van der Waals surface area contributed by atoms with Gasteiger partial charge in [0.25, 0.3) is 0 Å². The Kier molecular flexibility index (Phi) is 4.15. The zero-order valence-corrected chi connectivity index (χ0v) is 10.3. The standard InChI is InChI=1S/C9H9F3N2O4S/c1-5(8(15)16)14-19(17,18)6-3-2-4-13-7(6)9(10,11)12/h2-5,14H,1H3,(H,15,16)/t5-/m1/s1. The fraction of sp³-hybridized carbons (Fsp3) is 0.333. The first-order chi connectivity index (χ1) is 8.55. The van der Waals surface area contributed by atoms with Crippen molar-refractivity contribution in [2.45, 2.75) is 24.0 Å². The fourth-order valence-corrected chi connectivity index (χ4v) is 2.54. The molecule has 0 saturated carbocycles. The van der Waals surface area contributed by atoms with Crippen molar-refractivity contribution >= 4 is 16.0 Å². The van der Waals surface area contributed by atoms with Crippen LogP contribution in [0.25, 0.3) is 0 Å². The van der Waals surface area contributed by atoms with Gasteiger partial charge in [0.15, 0.2) is 5.69 Å². The second-order valence-corrected chi connectivity index (χ2v) is 5.21. The number of nitrogens with one attached hydrogen (secondary N) is 1. The van der Waals surface area contributed by atoms with E-state index in [1.807, 2.05) is 0 Å². The molecule has 0 unspecified atom stereocenters. The van der Waals surface area contributed by atoms with Gasteiger partial charge in [-0.3, -0.25) is 9.78 Å². The maximum atomic E-state index is 12.6. The average molecular weight is 298 g/mol. The third-order valence-corrected chi connectivity index (χ3v) is 3.60. The number of pyridine rings is 1. The second-order valence-electron chi connectivity index (χ2n) is 3.53. The van der Waals surface area contributed by atoms with Crippen molar-refractivity contribution < 1.29 is 31.5 Å². The molecule has 10 heteroatoms. The number of hydrogen-bond donors (Lipinski definition) is 2. The normalized spacial score (nSPS) is 14.1. The highest BCUT2D eigenvalue weighted by Gasteiger charge is 2.39. The Morgan fingerprint density at radius 2 is 2.05 bits per heavy atom. The first kappa shape index (κ1) is 15.4. The highest BCUT2D eigenvalue weighted by atomic mass is 32.2. The first-order valence-electron chi connectivity index (χ1n) is 4.83. The number of carboxylic acid groups (broad SMARTS) is 1. The molecular formula is C9H9F3N2O4S. The van der Waals surface area contributed by atoms with Crippen molar-refractivity contribution in [2.24, 2.45) is 0 Å². The quantitative estimate of drug-likeness (QED) is 0.859. The van der Waals surface area contributed by atoms with Gasteiger partial charge in [-0.2, -0.15) is 17.9 Å². The molecular weight excluding hydrogens is 289 g/mol. The van der Waals surface area contributed by atoms with E-state index in [0.717, 1.165) is 19.2 Å². The monoisotopic (exact) mass is 298 g/mol. The lowest BCUT2D eigenvalue weighted by atomic mass is 10.3. The van der Waals surface area contributed by atoms with Crippen molar-refractivity contribution in [1.82, 2.24) is 9.71 Å². The van der Waals surface area contributed by atoms with E-state index in [4.69, 9.17) is 5.11 Å². The Bertz CT molecular complexity index is 585. The predicted molar refractivity (Wildman–Crippen MR) is 56.7 cm³/mol. The van der Waals surface area contributed by atoms with E-state index in [2.05, 4.69) is 4.98 Å². The van der Waals surface area contributed by atoms with Crippen LogP contribution in [0.3, 0.4) is 0 Å². The van der Waals surface area contributed by atoms with E-state index in [-0.39, 0.29) is 0 Å². The zero-order chi connectivity index (χ0) is 14.8. The molecule has 1 heterocycles. The van der Waals surface area contributed by atoms with Gasteiger partial charge in [-0.25, -0.2) is 8.42 Å². The molecule has 0 spiro atoms. The number of halogens is 3. The number of nitrogens with zero attached hydrogens (tertiary/aromatic N) is 1. The molecule has 1 atom stereocenters. The van der Waals surface area contributed by atoms with Gasteiger partial charge >= 0.3 is 12.1 Å². The molecule has 19 heavy (non-hydrogen) atoms. The summed E-state index contributed by atoms with van der Waals surface area (Å²) in [4.78, 5) is 12.4. The van der Waals surface area contributed by atoms with E-state index in [9.17, 15) is 26.4 Å². The van der Waals surface area contributed by atoms with Crippen molar-refractivity contribution in [1.29, 1.82) is 0 Å². The molecule has 0 amide bonds. The SMILES string of the molecule is C[C@@H](NS(=O)(=O)c1cccnc1C(F)(F)F)C(=O)O. The lowest BCUT2D eigenvalue weighted by Gasteiger charge is -2.14. The van der Waals surface area contributed by atoms with Gasteiger partial charge in [-0.15, -0.1) is 0 Å². The molecule has 0 bridgehead atoms. The zero-order valence-electron chi connectivity index (χ0n) is 9.47. The second kappa shape index (κ2) is 5.13. The van der Waals surface area contributed by atoms with Gasteiger partial charge in [0.2, 0.25) is 10.0 Å². The number of alkyl halides is 3. The van der Waals surface area contributed by atoms with E-state index >= 15 is 0 Å². The number of carbonyl (C=O) groups is 1. The lowest BCUT2D eigenvalue weighted by molar-refractivity contribution is -0.143. The molecule has 1 aromatic heterocycles. The van der Waals surface area contributed by atoms with Crippen LogP contribution in [0.15, 0.2) is 23.2 Å². The smallest absolute Gasteiger partial charge is 0.434 e. The van der Waals surface area contributed by atoms with E-state index in [1.165, 1.54) is 0 Å². The highest BCUT2D eigenvalue weighted by Crippen LogP contribution is 2.32. The van der Waals surface area contributed by atoms with Crippen LogP contribution in [0.2, 0.25) is 0 Å². The summed E-state index contributed by atoms with van der Waals surface area (Å²) in [6, 6.07) is 0.147. The van der Waals surface area contributed by atoms with Gasteiger partial charge in [-0.05, 0) is 19.1 Å². The number of rotatable bonds is 4. The first-order valence-corrected chi connectivity index (χ1v) is 6.31. The Hall–Kier alpha value is -1.68. The van der Waals surface area contributed by atoms with E-state index < -0.39 is 38.8 Å². The molecule has 0 aliphatic rings. The topological polar surface area (TPSA) is 96.4 Å². The van der Waals surface area contributed by atoms with E-state index in [1.54, 1.807) is 4.72 Å². The largest absolute Gasteiger partial charge is 0.480 e. The minimum atomic E-state index is -4.96. The number of sulfonamides is 1. The number of carboxylic acids is 1. The molecule has 0 aliphatic carbocycles. The summed E-state index contributed by atoms with van der Waals surface area (Å²) < 4.78 is 62.8. The Morgan fingerprint density at radius 3 is 2.53 bits per heavy atom. The summed E-state index contributed by atoms with van der Waals surface area (Å²) >= 11 is 0. The summed E-state index contributed by atoms with van der Waals surface area (Å²) in [5.74, 6) is -1.51. The third-order valence-electron chi connectivity index (χ3n) is 2.03. The van der Waals surface area contributed by atoms with Crippen LogP contribution in [0.4, 0.5) is 13.2 Å². The van der Waals surface area contributed by atoms with Crippen LogP contribution in [0.1, 0.15) is 12.6 Å². The maximum Gasteiger partial charge on any atom is 0.434 e. The van der Waals surface area contributed by atoms with Crippen LogP contribution in [-0.2, 0) is 21.0 Å². The van der Waals surface area contributed by atoms with Gasteiger partial charge in [0.1, 0.15) is 10.9 Å². The highest BCUT2D eigenvalue weighted by molar-refractivity contribution is 7.89. The molecule has 1 rings (SSSR count). The van der Waals surface area contributed by atoms with Crippen LogP contribution >= 0.6 is 0 Å². The molecule has 1 aromatic rings. The summed E-state index contributed by atoms with van der Waals surface area (Å²) in [6.07, 6.45) is -4.17. The van der Waals surface area contributed by atoms with Crippen LogP contribution in [0, 0.1) is 0 Å². The van der Waals surface area contributed by atoms with Crippen LogP contribution in [-0.4, -0.2) is 30.5 Å². The molecule has 0 saturated heterocycles. The van der Waals surface area contributed by atoms with Crippen molar-refractivity contribution in [3.05, 3.63) is 24.0 Å². The lowest BCUT2D eigenvalue weighted by Crippen LogP contribution is -2.39. The summed E-state index contributed by atoms with van der Waals surface area (Å²) in [5.41, 5.74) is -1.60. The molecule has 2 N–H and O–H groups in total. The van der Waals surface area contributed by atoms with Crippen LogP contribution in [0.5, 0.6) is 0 Å². The number of aromatic nitrogens is 1. The average Bonchev–Trinajstić information content (AvgIpc) is 2.27. The van der Waals surface area contributed by atoms with Gasteiger partial charge in [0.05, 0.1) is 0 Å². The summed E-state index contributed by atoms with van der Waals surface area (Å²) in [5, 5.41) is 8.56. The summed E-state index contributed by atoms with van der Waals surface area (Å²) in [7, 11) is -4.63. The minimum absolute atomic E-state index is 0.701. The van der Waals surface area contributed by atoms with Crippen molar-refractivity contribution in [3.8, 4) is 0 Å². The van der Waals surface area contributed by atoms with Gasteiger partial charge in [0, 0.05) is 6.20 Å². The molecule has 0 aliphatic heterocycles. The van der Waals surface area contributed by atoms with E-state index in [0.29, 0.717) is 6.07 Å². The molecule has 0 radical (unpaired) electrons. The molecule has 6 nitrogen and oxygen atoms in total. The van der Waals surface area contributed by atoms with Gasteiger partial charge in [-0.1, -0.05) is 0 Å². The van der Waals surface area contributed by atoms with Gasteiger partial charge < -0.3 is 5.11 Å².